The van der Waals surface area contributed by atoms with Gasteiger partial charge < -0.3 is 25.2 Å². The second-order valence-electron chi connectivity index (χ2n) is 8.02. The number of nitrogens with zero attached hydrogens (tertiary/aromatic N) is 3. The molecule has 3 rings (SSSR count). The van der Waals surface area contributed by atoms with Gasteiger partial charge in [0.1, 0.15) is 23.3 Å². The molecule has 35 heavy (non-hydrogen) atoms. The van der Waals surface area contributed by atoms with Crippen molar-refractivity contribution < 1.29 is 29.0 Å². The number of ether oxygens (including phenoxy) is 1. The van der Waals surface area contributed by atoms with Crippen LogP contribution in [0.1, 0.15) is 5.56 Å². The predicted molar refractivity (Wildman–Crippen MR) is 131 cm³/mol. The quantitative estimate of drug-likeness (QED) is 0.153. The summed E-state index contributed by atoms with van der Waals surface area (Å²) in [5.41, 5.74) is 8.71. The highest BCUT2D eigenvalue weighted by molar-refractivity contribution is 7.80. The first-order chi connectivity index (χ1) is 16.8. The number of nitrogens with two attached hydrogens (primary N) is 1. The molecule has 0 aliphatic carbocycles. The van der Waals surface area contributed by atoms with E-state index in [0.29, 0.717) is 44.0 Å². The number of benzene rings is 2. The third-order valence-electron chi connectivity index (χ3n) is 5.70. The molecule has 2 aromatic rings. The van der Waals surface area contributed by atoms with Crippen molar-refractivity contribution in [2.75, 3.05) is 51.3 Å². The van der Waals surface area contributed by atoms with E-state index in [0.717, 1.165) is 12.1 Å². The van der Waals surface area contributed by atoms with Gasteiger partial charge in [-0.05, 0) is 36.3 Å². The van der Waals surface area contributed by atoms with Crippen LogP contribution in [0.25, 0.3) is 0 Å². The molecule has 0 saturated carbocycles. The van der Waals surface area contributed by atoms with E-state index < -0.39 is 11.6 Å². The van der Waals surface area contributed by atoms with E-state index in [1.54, 1.807) is 11.0 Å². The van der Waals surface area contributed by atoms with E-state index in [2.05, 4.69) is 15.3 Å². The van der Waals surface area contributed by atoms with Crippen LogP contribution in [0.4, 0.5) is 20.2 Å². The van der Waals surface area contributed by atoms with Crippen LogP contribution in [0.15, 0.2) is 47.3 Å². The number of methoxy groups -OCH3 is 1. The minimum absolute atomic E-state index is 0.0493. The fourth-order valence-corrected chi connectivity index (χ4v) is 3.83. The number of nitrogens with one attached hydrogen (secondary N) is 2. The van der Waals surface area contributed by atoms with Crippen LogP contribution in [0.2, 0.25) is 0 Å². The molecule has 1 saturated heterocycles. The van der Waals surface area contributed by atoms with Crippen LogP contribution in [0, 0.1) is 17.2 Å². The lowest BCUT2D eigenvalue weighted by molar-refractivity contribution is -0.497. The maximum Gasteiger partial charge on any atom is 0.256 e. The van der Waals surface area contributed by atoms with Gasteiger partial charge in [0.05, 0.1) is 13.7 Å². The van der Waals surface area contributed by atoms with Gasteiger partial charge in [0.2, 0.25) is 0 Å². The Balaban J connectivity index is 1.55. The molecule has 0 unspecified atom stereocenters. The van der Waals surface area contributed by atoms with Gasteiger partial charge in [0.15, 0.2) is 23.1 Å². The van der Waals surface area contributed by atoms with Gasteiger partial charge in [-0.2, -0.15) is 5.11 Å². The Morgan fingerprint density at radius 3 is 2.46 bits per heavy atom. The van der Waals surface area contributed by atoms with Crippen molar-refractivity contribution in [1.29, 1.82) is 5.53 Å². The first-order valence-electron chi connectivity index (χ1n) is 11.0. The molecule has 1 heterocycles. The summed E-state index contributed by atoms with van der Waals surface area (Å²) in [6.45, 7) is 3.12. The normalized spacial score (nSPS) is 14.6. The van der Waals surface area contributed by atoms with Gasteiger partial charge in [-0.15, -0.1) is 0 Å². The molecule has 0 radical (unpaired) electrons. The Morgan fingerprint density at radius 1 is 1.17 bits per heavy atom. The number of phenols is 2. The minimum Gasteiger partial charge on any atom is -0.504 e. The molecule has 12 heteroatoms. The highest BCUT2D eigenvalue weighted by Crippen LogP contribution is 2.27. The molecule has 188 valence electrons. The number of piperazine rings is 1. The largest absolute Gasteiger partial charge is 0.504 e. The number of phenolic OH excluding ortho intramolecular Hbond substituents is 2. The zero-order valence-electron chi connectivity index (χ0n) is 19.3. The molecule has 1 fully saturated rings. The third-order valence-corrected chi connectivity index (χ3v) is 6.01. The van der Waals surface area contributed by atoms with Gasteiger partial charge in [-0.3, -0.25) is 10.2 Å². The summed E-state index contributed by atoms with van der Waals surface area (Å²) in [6.07, 6.45) is 2.17. The van der Waals surface area contributed by atoms with Crippen molar-refractivity contribution in [2.24, 2.45) is 5.11 Å². The van der Waals surface area contributed by atoms with Crippen molar-refractivity contribution in [2.45, 2.75) is 6.42 Å². The molecular weight excluding hydrogens is 478 g/mol. The number of hydrogen-bond acceptors (Lipinski definition) is 8. The van der Waals surface area contributed by atoms with Crippen molar-refractivity contribution in [3.63, 3.8) is 0 Å². The van der Waals surface area contributed by atoms with E-state index in [9.17, 15) is 19.0 Å². The Labute approximate surface area is 207 Å². The van der Waals surface area contributed by atoms with E-state index in [1.165, 1.54) is 42.9 Å². The Kier molecular flexibility index (Phi) is 9.29. The van der Waals surface area contributed by atoms with Gasteiger partial charge >= 0.3 is 0 Å². The van der Waals surface area contributed by atoms with Crippen molar-refractivity contribution >= 4 is 28.8 Å². The number of halogens is 2. The van der Waals surface area contributed by atoms with Crippen LogP contribution in [0.5, 0.6) is 11.5 Å². The summed E-state index contributed by atoms with van der Waals surface area (Å²) in [6, 6.07) is 7.27. The summed E-state index contributed by atoms with van der Waals surface area (Å²) >= 11 is 4.87. The fourth-order valence-electron chi connectivity index (χ4n) is 3.75. The third kappa shape index (κ3) is 7.31. The topological polar surface area (TPSA) is 121 Å². The lowest BCUT2D eigenvalue weighted by Crippen LogP contribution is -2.71. The summed E-state index contributed by atoms with van der Waals surface area (Å²) < 4.78 is 34.5. The number of hydrogen-bond donors (Lipinski definition) is 5. The maximum atomic E-state index is 14.9. The Hall–Kier alpha value is -3.35. The van der Waals surface area contributed by atoms with Gasteiger partial charge in [-0.25, -0.2) is 14.3 Å². The number of aromatic hydroxyl groups is 2. The molecule has 1 aliphatic heterocycles. The molecule has 0 aromatic heterocycles. The van der Waals surface area contributed by atoms with Crippen molar-refractivity contribution in [3.05, 3.63) is 59.4 Å². The van der Waals surface area contributed by atoms with Gasteiger partial charge in [0, 0.05) is 44.9 Å². The number of thiocarbonyl (C=S) groups is 1. The standard InChI is InChI=1S/C23H28F2N6O3S/c1-34-23(35)28-14-17(29-26)13-27-16-11-18(24)22(19(25)12-16)31-8-6-30(7-9-31)5-4-15-2-3-20(32)21(33)10-15/h2-3,10-13,26-27,32-33H,4-9,14H2,1H3,(H,28,35)/p+1/b17-13-,29-26?. The van der Waals surface area contributed by atoms with Gasteiger partial charge in [0.25, 0.3) is 5.17 Å². The molecule has 9 nitrogen and oxygen atoms in total. The maximum absolute atomic E-state index is 14.9. The molecular formula is C23H29F2N6O3S+. The number of anilines is 1. The van der Waals surface area contributed by atoms with Crippen molar-refractivity contribution in [1.82, 2.24) is 10.2 Å². The summed E-state index contributed by atoms with van der Waals surface area (Å²) in [5.74, 6) is -1.60. The number of rotatable bonds is 9. The van der Waals surface area contributed by atoms with E-state index >= 15 is 0 Å². The first kappa shape index (κ1) is 26.3. The molecule has 2 aromatic carbocycles. The van der Waals surface area contributed by atoms with Gasteiger partial charge in [-0.1, -0.05) is 6.07 Å². The van der Waals surface area contributed by atoms with E-state index in [4.69, 9.17) is 22.5 Å². The highest BCUT2D eigenvalue weighted by atomic mass is 32.1. The number of quaternary nitrogens is 1. The summed E-state index contributed by atoms with van der Waals surface area (Å²) in [5, 5.41) is 26.8. The van der Waals surface area contributed by atoms with Crippen LogP contribution in [0.3, 0.4) is 0 Å². The zero-order chi connectivity index (χ0) is 25.4. The smallest absolute Gasteiger partial charge is 0.256 e. The van der Waals surface area contributed by atoms with Crippen LogP contribution < -0.4 is 15.5 Å². The molecule has 0 atom stereocenters. The van der Waals surface area contributed by atoms with E-state index in [1.807, 2.05) is 0 Å². The zero-order valence-corrected chi connectivity index (χ0v) is 20.1. The molecule has 0 amide bonds. The monoisotopic (exact) mass is 507 g/mol. The Bertz CT molecular complexity index is 1070. The second kappa shape index (κ2) is 12.4. The average molecular weight is 508 g/mol. The van der Waals surface area contributed by atoms with Crippen LogP contribution in [-0.4, -0.2) is 66.7 Å². The predicted octanol–water partition coefficient (Wildman–Crippen LogP) is 2.33. The van der Waals surface area contributed by atoms with Crippen molar-refractivity contribution in [3.8, 4) is 11.5 Å². The second-order valence-corrected chi connectivity index (χ2v) is 8.39. The summed E-state index contributed by atoms with van der Waals surface area (Å²) in [7, 11) is 1.42. The SMILES string of the molecule is COC(=S)NC/C(=C/[NH2+]c1cc(F)c(N2CCN(CCc3ccc(O)c(O)c3)CC2)c(F)c1)N=N. The average Bonchev–Trinajstić information content (AvgIpc) is 2.85. The summed E-state index contributed by atoms with van der Waals surface area (Å²) in [4.78, 5) is 3.89. The highest BCUT2D eigenvalue weighted by Gasteiger charge is 2.23. The molecule has 1 aliphatic rings. The lowest BCUT2D eigenvalue weighted by atomic mass is 10.1. The Morgan fingerprint density at radius 2 is 1.86 bits per heavy atom. The molecule has 0 spiro atoms. The molecule has 6 N–H and O–H groups in total. The van der Waals surface area contributed by atoms with E-state index in [-0.39, 0.29) is 28.9 Å². The lowest BCUT2D eigenvalue weighted by Gasteiger charge is -2.36. The minimum atomic E-state index is -0.652. The van der Waals surface area contributed by atoms with Crippen LogP contribution >= 0.6 is 12.2 Å². The van der Waals surface area contributed by atoms with Crippen LogP contribution in [-0.2, 0) is 11.2 Å². The fraction of sp³-hybridized carbons (Fsp3) is 0.348. The molecule has 0 bridgehead atoms. The first-order valence-corrected chi connectivity index (χ1v) is 11.4.